The van der Waals surface area contributed by atoms with Crippen molar-refractivity contribution in [2.24, 2.45) is 0 Å². The lowest BCUT2D eigenvalue weighted by Gasteiger charge is -2.11. The van der Waals surface area contributed by atoms with Gasteiger partial charge in [0.05, 0.1) is 0 Å². The molecule has 1 amide bonds. The van der Waals surface area contributed by atoms with E-state index in [2.05, 4.69) is 11.2 Å². The molecule has 82 valence electrons. The summed E-state index contributed by atoms with van der Waals surface area (Å²) in [5, 5.41) is 11.1. The van der Waals surface area contributed by atoms with Crippen LogP contribution in [0.5, 0.6) is 0 Å². The Bertz CT molecular complexity index is 420. The number of benzene rings is 1. The highest BCUT2D eigenvalue weighted by molar-refractivity contribution is 5.96. The third-order valence-corrected chi connectivity index (χ3v) is 1.96. The zero-order valence-electron chi connectivity index (χ0n) is 8.51. The molecule has 4 heteroatoms. The van der Waals surface area contributed by atoms with E-state index in [9.17, 15) is 9.59 Å². The second kappa shape index (κ2) is 5.56. The number of hydrogen-bond donors (Lipinski definition) is 2. The smallest absolute Gasteiger partial charge is 0.327 e. The van der Waals surface area contributed by atoms with Gasteiger partial charge in [-0.05, 0) is 12.1 Å². The molecular formula is C12H11NO3. The first-order valence-electron chi connectivity index (χ1n) is 4.67. The topological polar surface area (TPSA) is 66.4 Å². The van der Waals surface area contributed by atoms with Gasteiger partial charge in [-0.25, -0.2) is 4.79 Å². The van der Waals surface area contributed by atoms with Gasteiger partial charge in [-0.2, -0.15) is 0 Å². The minimum absolute atomic E-state index is 0.0338. The molecule has 0 radical (unpaired) electrons. The molecule has 1 unspecified atom stereocenters. The molecule has 0 aliphatic heterocycles. The predicted molar refractivity (Wildman–Crippen MR) is 58.8 cm³/mol. The molecule has 0 spiro atoms. The van der Waals surface area contributed by atoms with Gasteiger partial charge in [0.2, 0.25) is 0 Å². The summed E-state index contributed by atoms with van der Waals surface area (Å²) in [6.45, 7) is 0. The zero-order valence-corrected chi connectivity index (χ0v) is 8.51. The van der Waals surface area contributed by atoms with E-state index in [0.717, 1.165) is 0 Å². The van der Waals surface area contributed by atoms with Gasteiger partial charge >= 0.3 is 5.97 Å². The summed E-state index contributed by atoms with van der Waals surface area (Å²) in [6, 6.07) is 7.33. The maximum atomic E-state index is 11.6. The first-order chi connectivity index (χ1) is 7.65. The van der Waals surface area contributed by atoms with E-state index in [-0.39, 0.29) is 6.42 Å². The summed E-state index contributed by atoms with van der Waals surface area (Å²) in [5.74, 6) is 0.632. The van der Waals surface area contributed by atoms with Crippen LogP contribution in [0.2, 0.25) is 0 Å². The van der Waals surface area contributed by atoms with E-state index >= 15 is 0 Å². The van der Waals surface area contributed by atoms with Crippen LogP contribution in [0.25, 0.3) is 0 Å². The highest BCUT2D eigenvalue weighted by atomic mass is 16.4. The Hall–Kier alpha value is -2.28. The SMILES string of the molecule is C#CCC(NC(=O)c1ccccc1)C(=O)O. The average molecular weight is 217 g/mol. The molecule has 0 aliphatic rings. The van der Waals surface area contributed by atoms with Crippen molar-refractivity contribution in [3.05, 3.63) is 35.9 Å². The van der Waals surface area contributed by atoms with Crippen molar-refractivity contribution in [1.82, 2.24) is 5.32 Å². The highest BCUT2D eigenvalue weighted by Crippen LogP contribution is 2.00. The van der Waals surface area contributed by atoms with Crippen LogP contribution in [0.15, 0.2) is 30.3 Å². The van der Waals surface area contributed by atoms with Crippen LogP contribution in [0, 0.1) is 12.3 Å². The minimum atomic E-state index is -1.14. The molecular weight excluding hydrogens is 206 g/mol. The Morgan fingerprint density at radius 2 is 2.00 bits per heavy atom. The molecule has 4 nitrogen and oxygen atoms in total. The summed E-state index contributed by atoms with van der Waals surface area (Å²) in [4.78, 5) is 22.3. The molecule has 1 aromatic rings. The fourth-order valence-corrected chi connectivity index (χ4v) is 1.15. The van der Waals surface area contributed by atoms with Crippen LogP contribution in [0.3, 0.4) is 0 Å². The summed E-state index contributed by atoms with van der Waals surface area (Å²) in [6.07, 6.45) is 4.98. The molecule has 0 saturated heterocycles. The van der Waals surface area contributed by atoms with Gasteiger partial charge < -0.3 is 10.4 Å². The molecule has 0 saturated carbocycles. The van der Waals surface area contributed by atoms with Gasteiger partial charge in [-0.3, -0.25) is 4.79 Å². The molecule has 0 fully saturated rings. The Labute approximate surface area is 93.3 Å². The number of aliphatic carboxylic acids is 1. The molecule has 0 heterocycles. The number of carbonyl (C=O) groups is 2. The van der Waals surface area contributed by atoms with E-state index in [1.165, 1.54) is 0 Å². The van der Waals surface area contributed by atoms with Crippen LogP contribution in [0.4, 0.5) is 0 Å². The monoisotopic (exact) mass is 217 g/mol. The summed E-state index contributed by atoms with van der Waals surface area (Å²) < 4.78 is 0. The molecule has 2 N–H and O–H groups in total. The van der Waals surface area contributed by atoms with Gasteiger partial charge in [0.25, 0.3) is 5.91 Å². The number of carboxylic acid groups (broad SMARTS) is 1. The zero-order chi connectivity index (χ0) is 12.0. The second-order valence-electron chi connectivity index (χ2n) is 3.14. The normalized spacial score (nSPS) is 11.2. The van der Waals surface area contributed by atoms with E-state index in [0.29, 0.717) is 5.56 Å². The Morgan fingerprint density at radius 3 is 2.50 bits per heavy atom. The van der Waals surface area contributed by atoms with Crippen molar-refractivity contribution in [2.45, 2.75) is 12.5 Å². The molecule has 1 rings (SSSR count). The third-order valence-electron chi connectivity index (χ3n) is 1.96. The first kappa shape index (κ1) is 11.8. The maximum absolute atomic E-state index is 11.6. The number of carboxylic acids is 1. The molecule has 1 aromatic carbocycles. The van der Waals surface area contributed by atoms with Gasteiger partial charge in [-0.1, -0.05) is 18.2 Å². The fourth-order valence-electron chi connectivity index (χ4n) is 1.15. The van der Waals surface area contributed by atoms with Crippen molar-refractivity contribution >= 4 is 11.9 Å². The minimum Gasteiger partial charge on any atom is -0.480 e. The van der Waals surface area contributed by atoms with Crippen LogP contribution in [-0.4, -0.2) is 23.0 Å². The van der Waals surface area contributed by atoms with E-state index in [1.807, 2.05) is 0 Å². The summed E-state index contributed by atoms with van der Waals surface area (Å²) >= 11 is 0. The number of carbonyl (C=O) groups excluding carboxylic acids is 1. The summed E-state index contributed by atoms with van der Waals surface area (Å²) in [5.41, 5.74) is 0.408. The highest BCUT2D eigenvalue weighted by Gasteiger charge is 2.19. The number of hydrogen-bond acceptors (Lipinski definition) is 2. The van der Waals surface area contributed by atoms with E-state index in [4.69, 9.17) is 11.5 Å². The number of amides is 1. The largest absolute Gasteiger partial charge is 0.480 e. The molecule has 16 heavy (non-hydrogen) atoms. The van der Waals surface area contributed by atoms with Gasteiger partial charge in [0.1, 0.15) is 6.04 Å². The second-order valence-corrected chi connectivity index (χ2v) is 3.14. The number of nitrogens with one attached hydrogen (secondary N) is 1. The Balaban J connectivity index is 2.70. The molecule has 0 aliphatic carbocycles. The quantitative estimate of drug-likeness (QED) is 0.736. The lowest BCUT2D eigenvalue weighted by atomic mass is 10.1. The van der Waals surface area contributed by atoms with Gasteiger partial charge in [0, 0.05) is 12.0 Å². The average Bonchev–Trinajstić information content (AvgIpc) is 2.29. The lowest BCUT2D eigenvalue weighted by molar-refractivity contribution is -0.139. The Kier molecular flexibility index (Phi) is 4.10. The first-order valence-corrected chi connectivity index (χ1v) is 4.67. The van der Waals surface area contributed by atoms with Crippen LogP contribution >= 0.6 is 0 Å². The van der Waals surface area contributed by atoms with Crippen molar-refractivity contribution in [3.63, 3.8) is 0 Å². The van der Waals surface area contributed by atoms with E-state index < -0.39 is 17.9 Å². The molecule has 0 aromatic heterocycles. The third kappa shape index (κ3) is 3.14. The van der Waals surface area contributed by atoms with Gasteiger partial charge in [0.15, 0.2) is 0 Å². The lowest BCUT2D eigenvalue weighted by Crippen LogP contribution is -2.40. The standard InChI is InChI=1S/C12H11NO3/c1-2-6-10(12(15)16)13-11(14)9-7-4-3-5-8-9/h1,3-5,7-8,10H,6H2,(H,13,14)(H,15,16). The number of terminal acetylenes is 1. The van der Waals surface area contributed by atoms with Crippen molar-refractivity contribution in [2.75, 3.05) is 0 Å². The van der Waals surface area contributed by atoms with Crippen molar-refractivity contribution < 1.29 is 14.7 Å². The van der Waals surface area contributed by atoms with E-state index in [1.54, 1.807) is 30.3 Å². The Morgan fingerprint density at radius 1 is 1.38 bits per heavy atom. The van der Waals surface area contributed by atoms with Crippen LogP contribution < -0.4 is 5.32 Å². The molecule has 0 bridgehead atoms. The molecule has 1 atom stereocenters. The van der Waals surface area contributed by atoms with Crippen LogP contribution in [0.1, 0.15) is 16.8 Å². The number of rotatable bonds is 4. The predicted octanol–water partition coefficient (Wildman–Crippen LogP) is 0.893. The van der Waals surface area contributed by atoms with Gasteiger partial charge in [-0.15, -0.1) is 12.3 Å². The van der Waals surface area contributed by atoms with Crippen molar-refractivity contribution in [3.8, 4) is 12.3 Å². The maximum Gasteiger partial charge on any atom is 0.327 e. The summed E-state index contributed by atoms with van der Waals surface area (Å²) in [7, 11) is 0. The fraction of sp³-hybridized carbons (Fsp3) is 0.167. The van der Waals surface area contributed by atoms with Crippen molar-refractivity contribution in [1.29, 1.82) is 0 Å². The van der Waals surface area contributed by atoms with Crippen LogP contribution in [-0.2, 0) is 4.79 Å².